The molecule has 1 aromatic carbocycles. The molecule has 1 N–H and O–H groups in total. The molecule has 0 aliphatic rings. The number of rotatable bonds is 2. The Bertz CT molecular complexity index is 319. The Kier molecular flexibility index (Phi) is 3.06. The highest BCUT2D eigenvalue weighted by Gasteiger charge is 2.00. The lowest BCUT2D eigenvalue weighted by Crippen LogP contribution is -2.00. The van der Waals surface area contributed by atoms with Gasteiger partial charge >= 0.3 is 0 Å². The Balaban J connectivity index is 2.84. The molecule has 0 heterocycles. The number of nitrogens with one attached hydrogen (secondary N) is 1. The molecule has 0 saturated carbocycles. The van der Waals surface area contributed by atoms with E-state index in [2.05, 4.69) is 21.2 Å². The first-order valence-corrected chi connectivity index (χ1v) is 4.09. The van der Waals surface area contributed by atoms with E-state index in [1.165, 1.54) is 6.07 Å². The van der Waals surface area contributed by atoms with Crippen LogP contribution in [0.25, 0.3) is 0 Å². The summed E-state index contributed by atoms with van der Waals surface area (Å²) >= 11 is 3.20. The van der Waals surface area contributed by atoms with Crippen LogP contribution < -0.4 is 5.32 Å². The van der Waals surface area contributed by atoms with Crippen molar-refractivity contribution in [1.29, 1.82) is 5.26 Å². The van der Waals surface area contributed by atoms with Crippen LogP contribution in [0.15, 0.2) is 22.7 Å². The zero-order valence-electron chi connectivity index (χ0n) is 6.14. The number of anilines is 1. The highest BCUT2D eigenvalue weighted by Crippen LogP contribution is 2.19. The number of nitriles is 1. The van der Waals surface area contributed by atoms with Gasteiger partial charge in [0.25, 0.3) is 0 Å². The standard InChI is InChI=1S/C8H6BrFN2/c9-6-1-2-7(10)8(5-6)12-4-3-11/h1-2,5,12H,4H2. The van der Waals surface area contributed by atoms with Crippen molar-refractivity contribution in [2.75, 3.05) is 11.9 Å². The lowest BCUT2D eigenvalue weighted by Gasteiger charge is -2.02. The van der Waals surface area contributed by atoms with E-state index < -0.39 is 0 Å². The topological polar surface area (TPSA) is 35.8 Å². The van der Waals surface area contributed by atoms with Crippen LogP contribution in [0.3, 0.4) is 0 Å². The molecule has 0 amide bonds. The summed E-state index contributed by atoms with van der Waals surface area (Å²) in [5.74, 6) is -0.353. The summed E-state index contributed by atoms with van der Waals surface area (Å²) < 4.78 is 13.7. The molecule has 1 aromatic rings. The monoisotopic (exact) mass is 228 g/mol. The van der Waals surface area contributed by atoms with Crippen LogP contribution in [0.2, 0.25) is 0 Å². The molecular weight excluding hydrogens is 223 g/mol. The third-order valence-corrected chi connectivity index (χ3v) is 1.78. The Hall–Kier alpha value is -1.08. The second kappa shape index (κ2) is 4.07. The zero-order valence-corrected chi connectivity index (χ0v) is 7.73. The van der Waals surface area contributed by atoms with Crippen LogP contribution in [0.1, 0.15) is 0 Å². The Morgan fingerprint density at radius 3 is 3.00 bits per heavy atom. The van der Waals surface area contributed by atoms with Crippen LogP contribution in [-0.2, 0) is 0 Å². The van der Waals surface area contributed by atoms with Crippen molar-refractivity contribution in [3.63, 3.8) is 0 Å². The first-order valence-electron chi connectivity index (χ1n) is 3.30. The van der Waals surface area contributed by atoms with Gasteiger partial charge in [0, 0.05) is 4.47 Å². The van der Waals surface area contributed by atoms with Gasteiger partial charge in [0.2, 0.25) is 0 Å². The van der Waals surface area contributed by atoms with Crippen LogP contribution >= 0.6 is 15.9 Å². The number of hydrogen-bond acceptors (Lipinski definition) is 2. The molecule has 0 saturated heterocycles. The van der Waals surface area contributed by atoms with Crippen molar-refractivity contribution in [2.24, 2.45) is 0 Å². The minimum Gasteiger partial charge on any atom is -0.370 e. The van der Waals surface area contributed by atoms with Gasteiger partial charge in [0.05, 0.1) is 11.8 Å². The van der Waals surface area contributed by atoms with E-state index in [9.17, 15) is 4.39 Å². The van der Waals surface area contributed by atoms with Gasteiger partial charge in [-0.15, -0.1) is 0 Å². The first kappa shape index (κ1) is 9.01. The van der Waals surface area contributed by atoms with Crippen LogP contribution in [-0.4, -0.2) is 6.54 Å². The molecule has 2 nitrogen and oxygen atoms in total. The van der Waals surface area contributed by atoms with E-state index >= 15 is 0 Å². The summed E-state index contributed by atoms with van der Waals surface area (Å²) in [6.45, 7) is 0.105. The molecule has 0 spiro atoms. The maximum absolute atomic E-state index is 12.9. The van der Waals surface area contributed by atoms with Gasteiger partial charge in [-0.1, -0.05) is 15.9 Å². The molecule has 0 aliphatic carbocycles. The minimum absolute atomic E-state index is 0.105. The first-order chi connectivity index (χ1) is 5.74. The normalized spacial score (nSPS) is 9.08. The molecule has 0 radical (unpaired) electrons. The number of nitrogens with zero attached hydrogens (tertiary/aromatic N) is 1. The van der Waals surface area contributed by atoms with Gasteiger partial charge in [-0.05, 0) is 18.2 Å². The minimum atomic E-state index is -0.353. The van der Waals surface area contributed by atoms with Gasteiger partial charge < -0.3 is 5.32 Å². The SMILES string of the molecule is N#CCNc1cc(Br)ccc1F. The van der Waals surface area contributed by atoms with Crippen molar-refractivity contribution in [3.05, 3.63) is 28.5 Å². The summed E-state index contributed by atoms with van der Waals surface area (Å²) in [6, 6.07) is 6.40. The highest BCUT2D eigenvalue weighted by molar-refractivity contribution is 9.10. The molecule has 4 heteroatoms. The van der Waals surface area contributed by atoms with Crippen molar-refractivity contribution >= 4 is 21.6 Å². The van der Waals surface area contributed by atoms with E-state index in [0.717, 1.165) is 4.47 Å². The van der Waals surface area contributed by atoms with Gasteiger partial charge in [0.15, 0.2) is 0 Å². The fraction of sp³-hybridized carbons (Fsp3) is 0.125. The number of halogens is 2. The van der Waals surface area contributed by atoms with Crippen molar-refractivity contribution in [2.45, 2.75) is 0 Å². The summed E-state index contributed by atoms with van der Waals surface area (Å²) in [5.41, 5.74) is 0.339. The molecular formula is C8H6BrFN2. The molecule has 12 heavy (non-hydrogen) atoms. The number of benzene rings is 1. The van der Waals surface area contributed by atoms with E-state index in [4.69, 9.17) is 5.26 Å². The Morgan fingerprint density at radius 1 is 1.58 bits per heavy atom. The van der Waals surface area contributed by atoms with Crippen molar-refractivity contribution in [3.8, 4) is 6.07 Å². The van der Waals surface area contributed by atoms with E-state index in [1.54, 1.807) is 12.1 Å². The van der Waals surface area contributed by atoms with Crippen molar-refractivity contribution < 1.29 is 4.39 Å². The van der Waals surface area contributed by atoms with Gasteiger partial charge in [-0.3, -0.25) is 0 Å². The number of hydrogen-bond donors (Lipinski definition) is 1. The quantitative estimate of drug-likeness (QED) is 0.791. The molecule has 0 bridgehead atoms. The maximum atomic E-state index is 12.9. The third-order valence-electron chi connectivity index (χ3n) is 1.29. The molecule has 0 fully saturated rings. The van der Waals surface area contributed by atoms with Crippen LogP contribution in [0.4, 0.5) is 10.1 Å². The largest absolute Gasteiger partial charge is 0.370 e. The second-order valence-corrected chi connectivity index (χ2v) is 3.05. The molecule has 0 unspecified atom stereocenters. The van der Waals surface area contributed by atoms with E-state index in [0.29, 0.717) is 5.69 Å². The summed E-state index contributed by atoms with van der Waals surface area (Å²) in [5, 5.41) is 10.9. The smallest absolute Gasteiger partial charge is 0.146 e. The molecule has 62 valence electrons. The van der Waals surface area contributed by atoms with Crippen LogP contribution in [0.5, 0.6) is 0 Å². The highest BCUT2D eigenvalue weighted by atomic mass is 79.9. The lowest BCUT2D eigenvalue weighted by molar-refractivity contribution is 0.630. The Labute approximate surface area is 78.1 Å². The predicted octanol–water partition coefficient (Wildman–Crippen LogP) is 2.52. The average molecular weight is 229 g/mol. The van der Waals surface area contributed by atoms with Crippen LogP contribution in [0, 0.1) is 17.1 Å². The fourth-order valence-corrected chi connectivity index (χ4v) is 1.13. The predicted molar refractivity (Wildman–Crippen MR) is 48.2 cm³/mol. The zero-order chi connectivity index (χ0) is 8.97. The van der Waals surface area contributed by atoms with Gasteiger partial charge in [0.1, 0.15) is 12.4 Å². The summed E-state index contributed by atoms with van der Waals surface area (Å²) in [7, 11) is 0. The molecule has 0 aliphatic heterocycles. The fourth-order valence-electron chi connectivity index (χ4n) is 0.768. The average Bonchev–Trinajstić information content (AvgIpc) is 2.07. The van der Waals surface area contributed by atoms with Crippen molar-refractivity contribution in [1.82, 2.24) is 0 Å². The lowest BCUT2D eigenvalue weighted by atomic mass is 10.3. The third kappa shape index (κ3) is 2.21. The molecule has 0 atom stereocenters. The van der Waals surface area contributed by atoms with Gasteiger partial charge in [-0.2, -0.15) is 5.26 Å². The molecule has 0 aromatic heterocycles. The second-order valence-electron chi connectivity index (χ2n) is 2.14. The maximum Gasteiger partial charge on any atom is 0.146 e. The molecule has 1 rings (SSSR count). The Morgan fingerprint density at radius 2 is 2.33 bits per heavy atom. The van der Waals surface area contributed by atoms with E-state index in [1.807, 2.05) is 6.07 Å². The summed E-state index contributed by atoms with van der Waals surface area (Å²) in [4.78, 5) is 0. The summed E-state index contributed by atoms with van der Waals surface area (Å²) in [6.07, 6.45) is 0. The van der Waals surface area contributed by atoms with E-state index in [-0.39, 0.29) is 12.4 Å². The van der Waals surface area contributed by atoms with Gasteiger partial charge in [-0.25, -0.2) is 4.39 Å².